The van der Waals surface area contributed by atoms with Crippen LogP contribution in [0.5, 0.6) is 0 Å². The molecule has 22 heavy (non-hydrogen) atoms. The Morgan fingerprint density at radius 1 is 1.32 bits per heavy atom. The standard InChI is InChI=1S/C16H18N4OS/c1-3-12(10-21)18-15-13(9-17)14(19-16(20-15)22-2)11-7-5-4-6-8-11/h4-8,12,21H,3,10H2,1-2H3,(H,18,19,20)/t12-/m1/s1. The predicted octanol–water partition coefficient (Wildman–Crippen LogP) is 2.92. The molecule has 0 bridgehead atoms. The Morgan fingerprint density at radius 3 is 2.59 bits per heavy atom. The van der Waals surface area contributed by atoms with Crippen molar-refractivity contribution in [2.75, 3.05) is 18.2 Å². The Hall–Kier alpha value is -2.10. The molecule has 0 aliphatic rings. The van der Waals surface area contributed by atoms with E-state index in [2.05, 4.69) is 21.4 Å². The van der Waals surface area contributed by atoms with E-state index in [9.17, 15) is 10.4 Å². The maximum Gasteiger partial charge on any atom is 0.189 e. The largest absolute Gasteiger partial charge is 0.394 e. The van der Waals surface area contributed by atoms with Gasteiger partial charge in [0.05, 0.1) is 18.3 Å². The van der Waals surface area contributed by atoms with Crippen molar-refractivity contribution in [3.05, 3.63) is 35.9 Å². The van der Waals surface area contributed by atoms with Crippen molar-refractivity contribution in [2.24, 2.45) is 0 Å². The third-order valence-electron chi connectivity index (χ3n) is 3.28. The fourth-order valence-electron chi connectivity index (χ4n) is 2.02. The maximum atomic E-state index is 9.54. The molecule has 6 heteroatoms. The van der Waals surface area contributed by atoms with Crippen molar-refractivity contribution < 1.29 is 5.11 Å². The molecule has 2 rings (SSSR count). The molecule has 1 aromatic carbocycles. The monoisotopic (exact) mass is 314 g/mol. The van der Waals surface area contributed by atoms with Gasteiger partial charge >= 0.3 is 0 Å². The van der Waals surface area contributed by atoms with E-state index in [0.29, 0.717) is 22.2 Å². The Balaban J connectivity index is 2.56. The average Bonchev–Trinajstić information content (AvgIpc) is 2.59. The average molecular weight is 314 g/mol. The Labute approximate surface area is 134 Å². The Kier molecular flexibility index (Phi) is 5.75. The summed E-state index contributed by atoms with van der Waals surface area (Å²) in [6.45, 7) is 1.95. The lowest BCUT2D eigenvalue weighted by molar-refractivity contribution is 0.271. The lowest BCUT2D eigenvalue weighted by atomic mass is 10.1. The van der Waals surface area contributed by atoms with Crippen LogP contribution in [0.1, 0.15) is 18.9 Å². The van der Waals surface area contributed by atoms with E-state index >= 15 is 0 Å². The van der Waals surface area contributed by atoms with Gasteiger partial charge in [-0.1, -0.05) is 49.0 Å². The zero-order valence-electron chi connectivity index (χ0n) is 12.6. The van der Waals surface area contributed by atoms with Crippen LogP contribution in [-0.4, -0.2) is 34.0 Å². The molecule has 1 aromatic heterocycles. The summed E-state index contributed by atoms with van der Waals surface area (Å²) in [7, 11) is 0. The number of nitrogens with one attached hydrogen (secondary N) is 1. The molecule has 1 heterocycles. The van der Waals surface area contributed by atoms with E-state index in [0.717, 1.165) is 12.0 Å². The van der Waals surface area contributed by atoms with Crippen LogP contribution >= 0.6 is 11.8 Å². The molecule has 0 radical (unpaired) electrons. The molecule has 0 saturated heterocycles. The summed E-state index contributed by atoms with van der Waals surface area (Å²) in [6.07, 6.45) is 2.63. The number of nitriles is 1. The molecule has 5 nitrogen and oxygen atoms in total. The Morgan fingerprint density at radius 2 is 2.05 bits per heavy atom. The SMILES string of the molecule is CC[C@H](CO)Nc1nc(SC)nc(-c2ccccc2)c1C#N. The summed E-state index contributed by atoms with van der Waals surface area (Å²) in [6, 6.07) is 11.6. The van der Waals surface area contributed by atoms with Gasteiger partial charge in [0, 0.05) is 5.56 Å². The second kappa shape index (κ2) is 7.78. The van der Waals surface area contributed by atoms with Crippen molar-refractivity contribution in [1.82, 2.24) is 9.97 Å². The number of hydrogen-bond acceptors (Lipinski definition) is 6. The number of benzene rings is 1. The highest BCUT2D eigenvalue weighted by Gasteiger charge is 2.17. The Bertz CT molecular complexity index is 666. The minimum absolute atomic E-state index is 0.0133. The molecule has 114 valence electrons. The third-order valence-corrected chi connectivity index (χ3v) is 3.83. The second-order valence-electron chi connectivity index (χ2n) is 4.69. The number of hydrogen-bond donors (Lipinski definition) is 2. The van der Waals surface area contributed by atoms with E-state index in [-0.39, 0.29) is 12.6 Å². The molecule has 0 saturated carbocycles. The number of thioether (sulfide) groups is 1. The minimum atomic E-state index is -0.139. The van der Waals surface area contributed by atoms with Crippen LogP contribution in [-0.2, 0) is 0 Å². The first-order valence-electron chi connectivity index (χ1n) is 7.02. The van der Waals surface area contributed by atoms with Gasteiger partial charge in [0.2, 0.25) is 0 Å². The lowest BCUT2D eigenvalue weighted by Crippen LogP contribution is -2.24. The van der Waals surface area contributed by atoms with E-state index in [1.54, 1.807) is 0 Å². The van der Waals surface area contributed by atoms with Gasteiger partial charge in [0.1, 0.15) is 17.5 Å². The van der Waals surface area contributed by atoms with Crippen molar-refractivity contribution in [1.29, 1.82) is 5.26 Å². The smallest absolute Gasteiger partial charge is 0.189 e. The fourth-order valence-corrected chi connectivity index (χ4v) is 2.38. The first-order chi connectivity index (χ1) is 10.7. The molecular weight excluding hydrogens is 296 g/mol. The van der Waals surface area contributed by atoms with Gasteiger partial charge in [0.15, 0.2) is 5.16 Å². The normalized spacial score (nSPS) is 11.7. The number of anilines is 1. The van der Waals surface area contributed by atoms with Crippen molar-refractivity contribution >= 4 is 17.6 Å². The number of aromatic nitrogens is 2. The van der Waals surface area contributed by atoms with Crippen LogP contribution in [0.3, 0.4) is 0 Å². The van der Waals surface area contributed by atoms with Crippen molar-refractivity contribution in [3.63, 3.8) is 0 Å². The summed E-state index contributed by atoms with van der Waals surface area (Å²) in [5, 5.41) is 22.6. The van der Waals surface area contributed by atoms with E-state index < -0.39 is 0 Å². The number of rotatable bonds is 6. The minimum Gasteiger partial charge on any atom is -0.394 e. The van der Waals surface area contributed by atoms with Gasteiger partial charge in [-0.15, -0.1) is 0 Å². The summed E-state index contributed by atoms with van der Waals surface area (Å²) in [5.74, 6) is 0.474. The highest BCUT2D eigenvalue weighted by atomic mass is 32.2. The quantitative estimate of drug-likeness (QED) is 0.630. The van der Waals surface area contributed by atoms with Gasteiger partial charge in [-0.2, -0.15) is 5.26 Å². The molecule has 0 unspecified atom stereocenters. The van der Waals surface area contributed by atoms with Crippen LogP contribution in [0.15, 0.2) is 35.5 Å². The predicted molar refractivity (Wildman–Crippen MR) is 88.8 cm³/mol. The van der Waals surface area contributed by atoms with Crippen LogP contribution in [0, 0.1) is 11.3 Å². The van der Waals surface area contributed by atoms with Gasteiger partial charge in [-0.05, 0) is 12.7 Å². The van der Waals surface area contributed by atoms with Crippen molar-refractivity contribution in [3.8, 4) is 17.3 Å². The number of nitrogens with zero attached hydrogens (tertiary/aromatic N) is 3. The maximum absolute atomic E-state index is 9.54. The van der Waals surface area contributed by atoms with Crippen LogP contribution in [0.4, 0.5) is 5.82 Å². The highest BCUT2D eigenvalue weighted by molar-refractivity contribution is 7.98. The first kappa shape index (κ1) is 16.3. The summed E-state index contributed by atoms with van der Waals surface area (Å²) in [4.78, 5) is 8.87. The molecule has 2 N–H and O–H groups in total. The van der Waals surface area contributed by atoms with E-state index in [4.69, 9.17) is 0 Å². The summed E-state index contributed by atoms with van der Waals surface area (Å²) in [5.41, 5.74) is 1.88. The number of aliphatic hydroxyl groups is 1. The van der Waals surface area contributed by atoms with Gasteiger partial charge in [-0.25, -0.2) is 9.97 Å². The van der Waals surface area contributed by atoms with Crippen molar-refractivity contribution in [2.45, 2.75) is 24.5 Å². The third kappa shape index (κ3) is 3.56. The van der Waals surface area contributed by atoms with E-state index in [1.807, 2.05) is 43.5 Å². The topological polar surface area (TPSA) is 81.8 Å². The van der Waals surface area contributed by atoms with Crippen LogP contribution < -0.4 is 5.32 Å². The van der Waals surface area contributed by atoms with E-state index in [1.165, 1.54) is 11.8 Å². The van der Waals surface area contributed by atoms with Gasteiger partial charge < -0.3 is 10.4 Å². The van der Waals surface area contributed by atoms with Crippen LogP contribution in [0.25, 0.3) is 11.3 Å². The lowest BCUT2D eigenvalue weighted by Gasteiger charge is -2.17. The number of aliphatic hydroxyl groups excluding tert-OH is 1. The van der Waals surface area contributed by atoms with Crippen LogP contribution in [0.2, 0.25) is 0 Å². The molecule has 1 atom stereocenters. The zero-order chi connectivity index (χ0) is 15.9. The zero-order valence-corrected chi connectivity index (χ0v) is 13.4. The fraction of sp³-hybridized carbons (Fsp3) is 0.312. The summed E-state index contributed by atoms with van der Waals surface area (Å²) < 4.78 is 0. The molecule has 2 aromatic rings. The molecular formula is C16H18N4OS. The second-order valence-corrected chi connectivity index (χ2v) is 5.47. The molecule has 0 fully saturated rings. The highest BCUT2D eigenvalue weighted by Crippen LogP contribution is 2.28. The molecule has 0 amide bonds. The van der Waals surface area contributed by atoms with Gasteiger partial charge in [-0.3, -0.25) is 0 Å². The molecule has 0 aliphatic heterocycles. The summed E-state index contributed by atoms with van der Waals surface area (Å²) >= 11 is 1.42. The van der Waals surface area contributed by atoms with Gasteiger partial charge in [0.25, 0.3) is 0 Å². The molecule has 0 spiro atoms. The molecule has 0 aliphatic carbocycles. The first-order valence-corrected chi connectivity index (χ1v) is 8.24.